The van der Waals surface area contributed by atoms with Gasteiger partial charge in [-0.05, 0) is 32.4 Å². The second kappa shape index (κ2) is 8.87. The van der Waals surface area contributed by atoms with Crippen LogP contribution in [0.4, 0.5) is 10.7 Å². The number of thiophene rings is 1. The van der Waals surface area contributed by atoms with Crippen LogP contribution in [0.3, 0.4) is 0 Å². The smallest absolute Gasteiger partial charge is 0.342 e. The molecule has 0 fully saturated rings. The molecule has 0 unspecified atom stereocenters. The fourth-order valence-electron chi connectivity index (χ4n) is 2.95. The van der Waals surface area contributed by atoms with Crippen LogP contribution in [0.15, 0.2) is 53.9 Å². The molecule has 1 heterocycles. The quantitative estimate of drug-likeness (QED) is 0.322. The summed E-state index contributed by atoms with van der Waals surface area (Å²) in [7, 11) is 0. The zero-order valence-corrected chi connectivity index (χ0v) is 17.5. The zero-order valence-electron chi connectivity index (χ0n) is 16.7. The molecule has 7 nitrogen and oxygen atoms in total. The van der Waals surface area contributed by atoms with Crippen LogP contribution < -0.4 is 5.32 Å². The number of nitrogens with zero attached hydrogens (tertiary/aromatic N) is 1. The Morgan fingerprint density at radius 1 is 1.13 bits per heavy atom. The van der Waals surface area contributed by atoms with E-state index >= 15 is 0 Å². The summed E-state index contributed by atoms with van der Waals surface area (Å²) >= 11 is 1.17. The van der Waals surface area contributed by atoms with Crippen molar-refractivity contribution in [3.05, 3.63) is 80.7 Å². The fourth-order valence-corrected chi connectivity index (χ4v) is 3.90. The second-order valence-electron chi connectivity index (χ2n) is 6.91. The lowest BCUT2D eigenvalue weighted by atomic mass is 10.0. The summed E-state index contributed by atoms with van der Waals surface area (Å²) in [6.45, 7) is 5.42. The summed E-state index contributed by atoms with van der Waals surface area (Å²) in [6, 6.07) is 13.3. The van der Waals surface area contributed by atoms with Crippen LogP contribution in [-0.2, 0) is 4.74 Å². The lowest BCUT2D eigenvalue weighted by molar-refractivity contribution is -0.385. The average molecular weight is 424 g/mol. The molecule has 154 valence electrons. The Labute approximate surface area is 177 Å². The highest BCUT2D eigenvalue weighted by molar-refractivity contribution is 7.15. The van der Waals surface area contributed by atoms with E-state index < -0.39 is 16.8 Å². The number of carbonyl (C=O) groups excluding carboxylic acids is 2. The maximum Gasteiger partial charge on any atom is 0.342 e. The van der Waals surface area contributed by atoms with Gasteiger partial charge in [-0.2, -0.15) is 0 Å². The van der Waals surface area contributed by atoms with Crippen molar-refractivity contribution in [3.8, 4) is 11.1 Å². The molecule has 1 amide bonds. The topological polar surface area (TPSA) is 98.5 Å². The Bertz CT molecular complexity index is 1120. The molecule has 0 saturated carbocycles. The summed E-state index contributed by atoms with van der Waals surface area (Å²) in [5, 5.41) is 15.9. The SMILES string of the molecule is Cc1cccc(-c2csc(NC(=O)c3ccccc3[N+](=O)[O-])c2C(=O)OC(C)C)c1. The molecule has 0 spiro atoms. The predicted molar refractivity (Wildman–Crippen MR) is 116 cm³/mol. The standard InChI is InChI=1S/C22H20N2O5S/c1-13(2)29-22(26)19-17(15-8-6-7-14(3)11-15)12-30-21(19)23-20(25)16-9-4-5-10-18(16)24(27)28/h4-13H,1-3H3,(H,23,25). The molecular weight excluding hydrogens is 404 g/mol. The number of aryl methyl sites for hydroxylation is 1. The molecule has 8 heteroatoms. The number of hydrogen-bond acceptors (Lipinski definition) is 6. The third-order valence-electron chi connectivity index (χ3n) is 4.24. The van der Waals surface area contributed by atoms with Crippen LogP contribution >= 0.6 is 11.3 Å². The van der Waals surface area contributed by atoms with Gasteiger partial charge in [0.25, 0.3) is 11.6 Å². The van der Waals surface area contributed by atoms with Crippen LogP contribution in [0.5, 0.6) is 0 Å². The molecule has 30 heavy (non-hydrogen) atoms. The van der Waals surface area contributed by atoms with Gasteiger partial charge in [0.05, 0.1) is 11.0 Å². The van der Waals surface area contributed by atoms with E-state index in [0.29, 0.717) is 5.56 Å². The van der Waals surface area contributed by atoms with E-state index in [4.69, 9.17) is 4.74 Å². The largest absolute Gasteiger partial charge is 0.459 e. The highest BCUT2D eigenvalue weighted by Crippen LogP contribution is 2.37. The van der Waals surface area contributed by atoms with Crippen molar-refractivity contribution in [1.82, 2.24) is 0 Å². The first-order chi connectivity index (χ1) is 14.3. The maximum absolute atomic E-state index is 12.8. The molecule has 0 atom stereocenters. The summed E-state index contributed by atoms with van der Waals surface area (Å²) < 4.78 is 5.39. The first kappa shape index (κ1) is 21.2. The van der Waals surface area contributed by atoms with Crippen molar-refractivity contribution in [2.24, 2.45) is 0 Å². The molecular formula is C22H20N2O5S. The first-order valence-corrected chi connectivity index (χ1v) is 10.1. The average Bonchev–Trinajstić information content (AvgIpc) is 3.11. The summed E-state index contributed by atoms with van der Waals surface area (Å²) in [4.78, 5) is 36.2. The number of nitrogens with one attached hydrogen (secondary N) is 1. The molecule has 2 aromatic carbocycles. The van der Waals surface area contributed by atoms with Gasteiger partial charge in [0.15, 0.2) is 0 Å². The van der Waals surface area contributed by atoms with E-state index in [1.54, 1.807) is 25.3 Å². The number of amides is 1. The minimum absolute atomic E-state index is 0.0869. The van der Waals surface area contributed by atoms with Gasteiger partial charge in [-0.1, -0.05) is 42.0 Å². The normalized spacial score (nSPS) is 10.7. The highest BCUT2D eigenvalue weighted by Gasteiger charge is 2.26. The van der Waals surface area contributed by atoms with Gasteiger partial charge in [0, 0.05) is 17.0 Å². The molecule has 0 radical (unpaired) electrons. The number of nitro benzene ring substituents is 1. The monoisotopic (exact) mass is 424 g/mol. The molecule has 3 aromatic rings. The van der Waals surface area contributed by atoms with E-state index in [-0.39, 0.29) is 27.9 Å². The number of anilines is 1. The van der Waals surface area contributed by atoms with Crippen molar-refractivity contribution >= 4 is 33.9 Å². The number of carbonyl (C=O) groups is 2. The molecule has 0 bridgehead atoms. The maximum atomic E-state index is 12.8. The molecule has 0 aliphatic rings. The Balaban J connectivity index is 2.04. The molecule has 1 aromatic heterocycles. The summed E-state index contributed by atoms with van der Waals surface area (Å²) in [5.74, 6) is -1.24. The van der Waals surface area contributed by atoms with Crippen LogP contribution in [-0.4, -0.2) is 22.9 Å². The van der Waals surface area contributed by atoms with Crippen molar-refractivity contribution in [2.75, 3.05) is 5.32 Å². The second-order valence-corrected chi connectivity index (χ2v) is 7.79. The Morgan fingerprint density at radius 3 is 2.53 bits per heavy atom. The van der Waals surface area contributed by atoms with Crippen molar-refractivity contribution in [1.29, 1.82) is 0 Å². The van der Waals surface area contributed by atoms with Gasteiger partial charge in [-0.25, -0.2) is 4.79 Å². The van der Waals surface area contributed by atoms with Crippen LogP contribution in [0, 0.1) is 17.0 Å². The van der Waals surface area contributed by atoms with Crippen LogP contribution in [0.2, 0.25) is 0 Å². The molecule has 0 saturated heterocycles. The number of hydrogen-bond donors (Lipinski definition) is 1. The van der Waals surface area contributed by atoms with Crippen molar-refractivity contribution in [3.63, 3.8) is 0 Å². The Morgan fingerprint density at radius 2 is 1.87 bits per heavy atom. The van der Waals surface area contributed by atoms with Crippen molar-refractivity contribution < 1.29 is 19.2 Å². The van der Waals surface area contributed by atoms with Gasteiger partial charge >= 0.3 is 5.97 Å². The van der Waals surface area contributed by atoms with Crippen molar-refractivity contribution in [2.45, 2.75) is 26.9 Å². The number of ether oxygens (including phenoxy) is 1. The third kappa shape index (κ3) is 4.55. The number of rotatable bonds is 6. The molecule has 3 rings (SSSR count). The fraction of sp³-hybridized carbons (Fsp3) is 0.182. The van der Waals surface area contributed by atoms with E-state index in [1.165, 1.54) is 29.5 Å². The van der Waals surface area contributed by atoms with E-state index in [1.807, 2.05) is 31.2 Å². The molecule has 0 aliphatic carbocycles. The number of nitro groups is 1. The number of para-hydroxylation sites is 1. The lowest BCUT2D eigenvalue weighted by Gasteiger charge is -2.12. The highest BCUT2D eigenvalue weighted by atomic mass is 32.1. The molecule has 1 N–H and O–H groups in total. The minimum atomic E-state index is -0.668. The lowest BCUT2D eigenvalue weighted by Crippen LogP contribution is -2.17. The summed E-state index contributed by atoms with van der Waals surface area (Å²) in [5.41, 5.74) is 2.30. The molecule has 0 aliphatic heterocycles. The van der Waals surface area contributed by atoms with Crippen LogP contribution in [0.1, 0.15) is 40.1 Å². The Kier molecular flexibility index (Phi) is 6.27. The Hall–Kier alpha value is -3.52. The van der Waals surface area contributed by atoms with E-state index in [0.717, 1.165) is 11.1 Å². The van der Waals surface area contributed by atoms with Gasteiger partial charge in [-0.15, -0.1) is 11.3 Å². The predicted octanol–water partition coefficient (Wildman–Crippen LogP) is 5.45. The van der Waals surface area contributed by atoms with E-state index in [9.17, 15) is 19.7 Å². The number of benzene rings is 2. The number of esters is 1. The van der Waals surface area contributed by atoms with Gasteiger partial charge in [0.1, 0.15) is 16.1 Å². The third-order valence-corrected chi connectivity index (χ3v) is 5.13. The van der Waals surface area contributed by atoms with Gasteiger partial charge in [0.2, 0.25) is 0 Å². The van der Waals surface area contributed by atoms with Gasteiger partial charge in [-0.3, -0.25) is 14.9 Å². The van der Waals surface area contributed by atoms with Crippen LogP contribution in [0.25, 0.3) is 11.1 Å². The summed E-state index contributed by atoms with van der Waals surface area (Å²) in [6.07, 6.45) is -0.346. The van der Waals surface area contributed by atoms with E-state index in [2.05, 4.69) is 5.32 Å². The van der Waals surface area contributed by atoms with Gasteiger partial charge < -0.3 is 10.1 Å². The first-order valence-electron chi connectivity index (χ1n) is 9.22. The minimum Gasteiger partial charge on any atom is -0.459 e. The zero-order chi connectivity index (χ0) is 21.8.